The summed E-state index contributed by atoms with van der Waals surface area (Å²) in [5.74, 6) is 0.420. The highest BCUT2D eigenvalue weighted by molar-refractivity contribution is 5.79. The van der Waals surface area contributed by atoms with E-state index in [2.05, 4.69) is 10.6 Å². The maximum atomic E-state index is 11.6. The van der Waals surface area contributed by atoms with Crippen molar-refractivity contribution in [1.29, 1.82) is 0 Å². The molecule has 0 aromatic rings. The number of ether oxygens (including phenoxy) is 2. The van der Waals surface area contributed by atoms with Gasteiger partial charge in [0.1, 0.15) is 12.9 Å². The molecule has 0 bridgehead atoms. The van der Waals surface area contributed by atoms with Crippen molar-refractivity contribution in [3.8, 4) is 0 Å². The number of amides is 1. The topological polar surface area (TPSA) is 93.7 Å². The maximum absolute atomic E-state index is 11.6. The van der Waals surface area contributed by atoms with Gasteiger partial charge in [-0.05, 0) is 46.6 Å². The van der Waals surface area contributed by atoms with Crippen LogP contribution in [0, 0.1) is 5.92 Å². The number of hydrogen-bond acceptors (Lipinski definition) is 6. The molecule has 1 aliphatic rings. The highest BCUT2D eigenvalue weighted by Gasteiger charge is 2.21. The van der Waals surface area contributed by atoms with E-state index in [1.165, 1.54) is 0 Å². The van der Waals surface area contributed by atoms with E-state index in [9.17, 15) is 14.4 Å². The molecule has 7 nitrogen and oxygen atoms in total. The van der Waals surface area contributed by atoms with Crippen LogP contribution in [0.4, 0.5) is 0 Å². The van der Waals surface area contributed by atoms with Gasteiger partial charge in [-0.25, -0.2) is 0 Å². The molecular weight excluding hydrogens is 348 g/mol. The highest BCUT2D eigenvalue weighted by atomic mass is 16.5. The third kappa shape index (κ3) is 15.4. The zero-order valence-electron chi connectivity index (χ0n) is 17.4. The van der Waals surface area contributed by atoms with Crippen molar-refractivity contribution in [3.05, 3.63) is 0 Å². The lowest BCUT2D eigenvalue weighted by molar-refractivity contribution is -0.124. The van der Waals surface area contributed by atoms with E-state index < -0.39 is 0 Å². The van der Waals surface area contributed by atoms with Crippen LogP contribution in [0.1, 0.15) is 59.3 Å². The van der Waals surface area contributed by atoms with E-state index in [-0.39, 0.29) is 36.4 Å². The predicted molar refractivity (Wildman–Crippen MR) is 106 cm³/mol. The van der Waals surface area contributed by atoms with Crippen molar-refractivity contribution in [2.24, 2.45) is 5.92 Å². The number of Topliss-reactive ketones (excluding diaryl/α,β-unsaturated/α-hetero) is 1. The van der Waals surface area contributed by atoms with Crippen LogP contribution in [0.15, 0.2) is 0 Å². The molecule has 0 aromatic carbocycles. The van der Waals surface area contributed by atoms with Gasteiger partial charge in [0.25, 0.3) is 0 Å². The highest BCUT2D eigenvalue weighted by Crippen LogP contribution is 2.22. The van der Waals surface area contributed by atoms with Gasteiger partial charge in [0.2, 0.25) is 5.91 Å². The van der Waals surface area contributed by atoms with Crippen molar-refractivity contribution >= 4 is 18.0 Å². The van der Waals surface area contributed by atoms with Crippen LogP contribution in [0.5, 0.6) is 0 Å². The van der Waals surface area contributed by atoms with Gasteiger partial charge in [0.05, 0.1) is 19.3 Å². The average molecular weight is 387 g/mol. The monoisotopic (exact) mass is 386 g/mol. The fraction of sp³-hybridized carbons (Fsp3) is 0.850. The second-order valence-corrected chi connectivity index (χ2v) is 7.03. The Morgan fingerprint density at radius 2 is 1.81 bits per heavy atom. The normalized spacial score (nSPS) is 19.1. The summed E-state index contributed by atoms with van der Waals surface area (Å²) in [7, 11) is 1.85. The van der Waals surface area contributed by atoms with Crippen LogP contribution in [0.3, 0.4) is 0 Å². The Morgan fingerprint density at radius 1 is 1.15 bits per heavy atom. The summed E-state index contributed by atoms with van der Waals surface area (Å²) in [6.45, 7) is 7.91. The van der Waals surface area contributed by atoms with Crippen LogP contribution in [-0.4, -0.2) is 63.5 Å². The molecule has 158 valence electrons. The average Bonchev–Trinajstić information content (AvgIpc) is 2.66. The number of rotatable bonds is 12. The molecule has 1 saturated carbocycles. The number of nitrogens with one attached hydrogen (secondary N) is 2. The fourth-order valence-corrected chi connectivity index (χ4v) is 2.55. The molecule has 1 aliphatic carbocycles. The molecule has 1 fully saturated rings. The fourth-order valence-electron chi connectivity index (χ4n) is 2.55. The van der Waals surface area contributed by atoms with Crippen LogP contribution < -0.4 is 10.6 Å². The Balaban J connectivity index is 0.000000580. The Labute approximate surface area is 163 Å². The van der Waals surface area contributed by atoms with Crippen LogP contribution in [0.2, 0.25) is 0 Å². The first-order valence-electron chi connectivity index (χ1n) is 10.0. The van der Waals surface area contributed by atoms with Crippen LogP contribution in [-0.2, 0) is 23.9 Å². The number of carbonyl (C=O) groups is 3. The molecule has 0 radical (unpaired) electrons. The Hall–Kier alpha value is -1.31. The van der Waals surface area contributed by atoms with Gasteiger partial charge in [-0.1, -0.05) is 6.92 Å². The minimum Gasteiger partial charge on any atom is -0.378 e. The summed E-state index contributed by atoms with van der Waals surface area (Å²) < 4.78 is 10.3. The lowest BCUT2D eigenvalue weighted by atomic mass is 9.87. The summed E-state index contributed by atoms with van der Waals surface area (Å²) >= 11 is 0. The van der Waals surface area contributed by atoms with Gasteiger partial charge in [-0.2, -0.15) is 0 Å². The van der Waals surface area contributed by atoms with Gasteiger partial charge in [-0.3, -0.25) is 9.59 Å². The first-order chi connectivity index (χ1) is 12.9. The second-order valence-electron chi connectivity index (χ2n) is 7.03. The van der Waals surface area contributed by atoms with E-state index in [1.54, 1.807) is 0 Å². The van der Waals surface area contributed by atoms with E-state index >= 15 is 0 Å². The molecule has 1 rings (SSSR count). The number of carbonyl (C=O) groups excluding carboxylic acids is 3. The Morgan fingerprint density at radius 3 is 2.33 bits per heavy atom. The lowest BCUT2D eigenvalue weighted by Crippen LogP contribution is -2.38. The molecule has 0 aromatic heterocycles. The van der Waals surface area contributed by atoms with Gasteiger partial charge >= 0.3 is 0 Å². The summed E-state index contributed by atoms with van der Waals surface area (Å²) in [5.41, 5.74) is 0. The van der Waals surface area contributed by atoms with E-state index in [0.29, 0.717) is 26.1 Å². The Kier molecular flexibility index (Phi) is 16.0. The molecule has 7 heteroatoms. The minimum absolute atomic E-state index is 0.0557. The van der Waals surface area contributed by atoms with Gasteiger partial charge in [-0.15, -0.1) is 0 Å². The van der Waals surface area contributed by atoms with E-state index in [4.69, 9.17) is 9.47 Å². The third-order valence-corrected chi connectivity index (χ3v) is 4.26. The second kappa shape index (κ2) is 16.8. The Bertz CT molecular complexity index is 407. The summed E-state index contributed by atoms with van der Waals surface area (Å²) in [6.07, 6.45) is 5.83. The zero-order valence-corrected chi connectivity index (χ0v) is 17.4. The molecule has 0 aliphatic heterocycles. The van der Waals surface area contributed by atoms with Crippen LogP contribution >= 0.6 is 0 Å². The maximum Gasteiger partial charge on any atom is 0.222 e. The van der Waals surface area contributed by atoms with Crippen molar-refractivity contribution in [1.82, 2.24) is 10.6 Å². The van der Waals surface area contributed by atoms with Crippen molar-refractivity contribution < 1.29 is 23.9 Å². The smallest absolute Gasteiger partial charge is 0.222 e. The molecule has 0 heterocycles. The number of hydrogen-bond donors (Lipinski definition) is 2. The standard InChI is InChI=1S/C13H23NO3.C7H15NO2/c1-10(2)17-8-7-13(16)14-12-5-3-11(9-15)4-6-12;1-3-7(9)6-10-5-4-8-2/h9-12H,3-8H2,1-2H3,(H,14,16);8H,3-6H2,1-2H3. The van der Waals surface area contributed by atoms with Gasteiger partial charge < -0.3 is 24.9 Å². The molecule has 0 unspecified atom stereocenters. The molecule has 2 N–H and O–H groups in total. The number of aldehydes is 1. The quantitative estimate of drug-likeness (QED) is 0.393. The number of likely N-dealkylation sites (N-methyl/N-ethyl adjacent to an activating group) is 1. The third-order valence-electron chi connectivity index (χ3n) is 4.26. The summed E-state index contributed by atoms with van der Waals surface area (Å²) in [6, 6.07) is 0.248. The molecular formula is C20H38N2O5. The van der Waals surface area contributed by atoms with Crippen molar-refractivity contribution in [2.75, 3.05) is 33.4 Å². The largest absolute Gasteiger partial charge is 0.378 e. The SMILES string of the molecule is CC(C)OCCC(=O)NC1CCC(C=O)CC1.CCC(=O)COCCNC. The molecule has 0 saturated heterocycles. The lowest BCUT2D eigenvalue weighted by Gasteiger charge is -2.26. The number of ketones is 1. The van der Waals surface area contributed by atoms with Gasteiger partial charge in [0.15, 0.2) is 5.78 Å². The summed E-state index contributed by atoms with van der Waals surface area (Å²) in [4.78, 5) is 32.8. The minimum atomic E-state index is 0.0557. The predicted octanol–water partition coefficient (Wildman–Crippen LogP) is 1.88. The summed E-state index contributed by atoms with van der Waals surface area (Å²) in [5, 5.41) is 5.93. The molecule has 1 amide bonds. The first-order valence-corrected chi connectivity index (χ1v) is 10.0. The van der Waals surface area contributed by atoms with E-state index in [1.807, 2.05) is 27.8 Å². The van der Waals surface area contributed by atoms with Crippen molar-refractivity contribution in [2.45, 2.75) is 71.4 Å². The first kappa shape index (κ1) is 25.7. The zero-order chi connectivity index (χ0) is 20.5. The van der Waals surface area contributed by atoms with E-state index in [0.717, 1.165) is 38.5 Å². The molecule has 0 spiro atoms. The van der Waals surface area contributed by atoms with Gasteiger partial charge in [0, 0.05) is 31.3 Å². The van der Waals surface area contributed by atoms with Crippen LogP contribution in [0.25, 0.3) is 0 Å². The molecule has 27 heavy (non-hydrogen) atoms. The van der Waals surface area contributed by atoms with Crippen molar-refractivity contribution in [3.63, 3.8) is 0 Å². The molecule has 0 atom stereocenters.